The molecule has 4 heteroatoms. The highest BCUT2D eigenvalue weighted by Gasteiger charge is 2.16. The van der Waals surface area contributed by atoms with Gasteiger partial charge in [-0.2, -0.15) is 11.8 Å². The summed E-state index contributed by atoms with van der Waals surface area (Å²) in [6, 6.07) is 7.16. The molecule has 1 rings (SSSR count). The minimum Gasteiger partial charge on any atom is -0.497 e. The van der Waals surface area contributed by atoms with Crippen LogP contribution in [0.1, 0.15) is 24.2 Å². The Bertz CT molecular complexity index is 375. The molecule has 0 aliphatic rings. The van der Waals surface area contributed by atoms with Crippen LogP contribution in [0.5, 0.6) is 5.75 Å². The third-order valence-electron chi connectivity index (χ3n) is 2.69. The Hall–Kier alpha value is -1.00. The van der Waals surface area contributed by atoms with Gasteiger partial charge in [0, 0.05) is 12.2 Å². The fraction of sp³-hybridized carbons (Fsp3) is 0.500. The van der Waals surface area contributed by atoms with Crippen molar-refractivity contribution in [1.82, 2.24) is 0 Å². The maximum atomic E-state index is 12.1. The maximum Gasteiger partial charge on any atom is 0.175 e. The van der Waals surface area contributed by atoms with Gasteiger partial charge < -0.3 is 9.84 Å². The highest BCUT2D eigenvalue weighted by atomic mass is 32.2. The molecule has 0 radical (unpaired) electrons. The van der Waals surface area contributed by atoms with E-state index < -0.39 is 0 Å². The summed E-state index contributed by atoms with van der Waals surface area (Å²) in [5.74, 6) is 1.88. The van der Waals surface area contributed by atoms with Crippen LogP contribution < -0.4 is 4.74 Å². The van der Waals surface area contributed by atoms with Gasteiger partial charge >= 0.3 is 0 Å². The van der Waals surface area contributed by atoms with Crippen LogP contribution >= 0.6 is 11.8 Å². The van der Waals surface area contributed by atoms with E-state index in [4.69, 9.17) is 9.84 Å². The molecule has 0 saturated carbocycles. The summed E-state index contributed by atoms with van der Waals surface area (Å²) < 4.78 is 5.06. The van der Waals surface area contributed by atoms with Crippen molar-refractivity contribution in [1.29, 1.82) is 0 Å². The van der Waals surface area contributed by atoms with E-state index in [1.54, 1.807) is 43.1 Å². The van der Waals surface area contributed by atoms with E-state index in [9.17, 15) is 4.79 Å². The van der Waals surface area contributed by atoms with E-state index in [0.29, 0.717) is 5.56 Å². The molecule has 1 aromatic carbocycles. The fourth-order valence-electron chi connectivity index (χ4n) is 1.43. The van der Waals surface area contributed by atoms with Gasteiger partial charge in [0.25, 0.3) is 0 Å². The van der Waals surface area contributed by atoms with Gasteiger partial charge in [-0.15, -0.1) is 0 Å². The number of hydrogen-bond donors (Lipinski definition) is 1. The van der Waals surface area contributed by atoms with Crippen LogP contribution in [-0.4, -0.2) is 35.6 Å². The molecule has 0 amide bonds. The summed E-state index contributed by atoms with van der Waals surface area (Å²) in [6.07, 6.45) is 0. The predicted molar refractivity (Wildman–Crippen MR) is 75.5 cm³/mol. The Morgan fingerprint density at radius 2 is 1.94 bits per heavy atom. The zero-order chi connectivity index (χ0) is 13.5. The van der Waals surface area contributed by atoms with Crippen LogP contribution in [0, 0.1) is 5.92 Å². The lowest BCUT2D eigenvalue weighted by Gasteiger charge is -2.13. The number of aliphatic hydroxyl groups excluding tert-OH is 1. The van der Waals surface area contributed by atoms with Crippen LogP contribution in [-0.2, 0) is 0 Å². The van der Waals surface area contributed by atoms with Crippen LogP contribution in [0.3, 0.4) is 0 Å². The van der Waals surface area contributed by atoms with Crippen molar-refractivity contribution in [3.05, 3.63) is 29.8 Å². The van der Waals surface area contributed by atoms with Crippen molar-refractivity contribution in [3.63, 3.8) is 0 Å². The quantitative estimate of drug-likeness (QED) is 0.772. The van der Waals surface area contributed by atoms with E-state index in [2.05, 4.69) is 0 Å². The van der Waals surface area contributed by atoms with Crippen molar-refractivity contribution < 1.29 is 14.6 Å². The average molecular weight is 268 g/mol. The number of ketones is 1. The molecule has 0 aliphatic heterocycles. The van der Waals surface area contributed by atoms with Gasteiger partial charge in [-0.3, -0.25) is 4.79 Å². The Morgan fingerprint density at radius 1 is 1.33 bits per heavy atom. The van der Waals surface area contributed by atoms with Crippen LogP contribution in [0.15, 0.2) is 24.3 Å². The zero-order valence-electron chi connectivity index (χ0n) is 11.1. The molecule has 0 bridgehead atoms. The average Bonchev–Trinajstić information content (AvgIpc) is 2.43. The molecular weight excluding hydrogens is 248 g/mol. The maximum absolute atomic E-state index is 12.1. The predicted octanol–water partition coefficient (Wildman–Crippen LogP) is 2.63. The molecule has 2 unspecified atom stereocenters. The Labute approximate surface area is 113 Å². The molecule has 0 heterocycles. The van der Waals surface area contributed by atoms with Gasteiger partial charge in [0.1, 0.15) is 5.75 Å². The highest BCUT2D eigenvalue weighted by Crippen LogP contribution is 2.20. The number of rotatable bonds is 7. The molecule has 0 aliphatic carbocycles. The molecule has 0 fully saturated rings. The van der Waals surface area contributed by atoms with E-state index >= 15 is 0 Å². The summed E-state index contributed by atoms with van der Waals surface area (Å²) >= 11 is 1.58. The van der Waals surface area contributed by atoms with Crippen LogP contribution in [0.2, 0.25) is 0 Å². The summed E-state index contributed by atoms with van der Waals surface area (Å²) in [7, 11) is 1.60. The first-order valence-electron chi connectivity index (χ1n) is 5.99. The Balaban J connectivity index is 2.56. The number of carbonyl (C=O) groups is 1. The Kier molecular flexibility index (Phi) is 6.22. The van der Waals surface area contributed by atoms with Crippen LogP contribution in [0.25, 0.3) is 0 Å². The summed E-state index contributed by atoms with van der Waals surface area (Å²) in [6.45, 7) is 4.04. The van der Waals surface area contributed by atoms with Crippen molar-refractivity contribution in [2.24, 2.45) is 5.92 Å². The molecule has 1 N–H and O–H groups in total. The first-order valence-corrected chi connectivity index (χ1v) is 7.04. The number of ether oxygens (including phenoxy) is 1. The molecule has 0 aromatic heterocycles. The molecule has 0 saturated heterocycles. The third kappa shape index (κ3) is 4.35. The molecule has 3 nitrogen and oxygen atoms in total. The monoisotopic (exact) mass is 268 g/mol. The number of carbonyl (C=O) groups excluding carboxylic acids is 1. The second-order valence-electron chi connectivity index (χ2n) is 4.36. The number of hydrogen-bond acceptors (Lipinski definition) is 4. The second-order valence-corrected chi connectivity index (χ2v) is 5.73. The molecular formula is C14H20O3S. The van der Waals surface area contributed by atoms with Crippen molar-refractivity contribution in [2.75, 3.05) is 19.5 Å². The van der Waals surface area contributed by atoms with Gasteiger partial charge in [-0.25, -0.2) is 0 Å². The van der Waals surface area contributed by atoms with Crippen LogP contribution in [0.4, 0.5) is 0 Å². The lowest BCUT2D eigenvalue weighted by Crippen LogP contribution is -2.16. The minimum atomic E-state index is -0.0904. The normalized spacial score (nSPS) is 14.0. The molecule has 100 valence electrons. The van der Waals surface area contributed by atoms with Crippen molar-refractivity contribution >= 4 is 17.5 Å². The largest absolute Gasteiger partial charge is 0.497 e. The number of methoxy groups -OCH3 is 1. The Morgan fingerprint density at radius 3 is 2.44 bits per heavy atom. The smallest absolute Gasteiger partial charge is 0.175 e. The lowest BCUT2D eigenvalue weighted by atomic mass is 10.1. The van der Waals surface area contributed by atoms with E-state index in [1.165, 1.54) is 0 Å². The summed E-state index contributed by atoms with van der Waals surface area (Å²) in [4.78, 5) is 12.1. The summed E-state index contributed by atoms with van der Waals surface area (Å²) in [5, 5.41) is 8.86. The molecule has 1 aromatic rings. The van der Waals surface area contributed by atoms with E-state index in [0.717, 1.165) is 11.5 Å². The van der Waals surface area contributed by atoms with Crippen molar-refractivity contribution in [3.8, 4) is 5.75 Å². The molecule has 0 spiro atoms. The number of Topliss-reactive ketones (excluding diaryl/α,β-unsaturated/α-hetero) is 1. The number of benzene rings is 1. The molecule has 18 heavy (non-hydrogen) atoms. The van der Waals surface area contributed by atoms with E-state index in [-0.39, 0.29) is 23.6 Å². The zero-order valence-corrected chi connectivity index (χ0v) is 11.9. The van der Waals surface area contributed by atoms with Gasteiger partial charge in [-0.05, 0) is 42.9 Å². The standard InChI is InChI=1S/C14H20O3S/c1-10(8-15)9-18-11(2)14(16)12-4-6-13(17-3)7-5-12/h4-7,10-11,15H,8-9H2,1-3H3. The first-order chi connectivity index (χ1) is 8.58. The highest BCUT2D eigenvalue weighted by molar-refractivity contribution is 8.00. The summed E-state index contributed by atoms with van der Waals surface area (Å²) in [5.41, 5.74) is 0.701. The molecule has 2 atom stereocenters. The first kappa shape index (κ1) is 15.1. The van der Waals surface area contributed by atoms with E-state index in [1.807, 2.05) is 13.8 Å². The van der Waals surface area contributed by atoms with Gasteiger partial charge in [0.05, 0.1) is 12.4 Å². The number of aliphatic hydroxyl groups is 1. The van der Waals surface area contributed by atoms with Gasteiger partial charge in [0.2, 0.25) is 0 Å². The minimum absolute atomic E-state index is 0.0904. The second kappa shape index (κ2) is 7.44. The topological polar surface area (TPSA) is 46.5 Å². The SMILES string of the molecule is COc1ccc(C(=O)C(C)SCC(C)CO)cc1. The lowest BCUT2D eigenvalue weighted by molar-refractivity contribution is 0.0994. The van der Waals surface area contributed by atoms with Crippen molar-refractivity contribution in [2.45, 2.75) is 19.1 Å². The third-order valence-corrected chi connectivity index (χ3v) is 4.16. The van der Waals surface area contributed by atoms with Gasteiger partial charge in [0.15, 0.2) is 5.78 Å². The number of thioether (sulfide) groups is 1. The van der Waals surface area contributed by atoms with Gasteiger partial charge in [-0.1, -0.05) is 6.92 Å². The fourth-order valence-corrected chi connectivity index (χ4v) is 2.44.